The van der Waals surface area contributed by atoms with Crippen LogP contribution < -0.4 is 4.74 Å². The topological polar surface area (TPSA) is 47.3 Å². The Bertz CT molecular complexity index is 783. The third-order valence-corrected chi connectivity index (χ3v) is 3.95. The summed E-state index contributed by atoms with van der Waals surface area (Å²) in [5, 5.41) is 11.0. The summed E-state index contributed by atoms with van der Waals surface area (Å²) in [7, 11) is 0. The van der Waals surface area contributed by atoms with Crippen LogP contribution in [0, 0.1) is 0 Å². The van der Waals surface area contributed by atoms with Crippen LogP contribution in [0.3, 0.4) is 0 Å². The molecule has 0 radical (unpaired) electrons. The van der Waals surface area contributed by atoms with Crippen LogP contribution in [0.4, 0.5) is 0 Å². The standard InChI is InChI=1S/C18H19ClN2O2/c1-2-18-20-16-5-3-4-6-17(16)21(18)11-14(22)12-23-15-9-7-13(19)8-10-15/h3-10,14,22H,2,11-12H2,1H3/t14-/m1/s1. The molecule has 1 N–H and O–H groups in total. The average Bonchev–Trinajstić information content (AvgIpc) is 2.92. The minimum absolute atomic E-state index is 0.220. The molecule has 23 heavy (non-hydrogen) atoms. The number of ether oxygens (including phenoxy) is 1. The molecule has 0 aliphatic heterocycles. The Balaban J connectivity index is 1.70. The van der Waals surface area contributed by atoms with E-state index in [-0.39, 0.29) is 6.61 Å². The molecule has 120 valence electrons. The number of hydrogen-bond donors (Lipinski definition) is 1. The molecule has 2 aromatic carbocycles. The fourth-order valence-corrected chi connectivity index (χ4v) is 2.71. The number of rotatable bonds is 6. The first-order valence-corrected chi connectivity index (χ1v) is 8.05. The quantitative estimate of drug-likeness (QED) is 0.749. The monoisotopic (exact) mass is 330 g/mol. The molecule has 5 heteroatoms. The lowest BCUT2D eigenvalue weighted by atomic mass is 10.3. The third kappa shape index (κ3) is 3.66. The van der Waals surface area contributed by atoms with Gasteiger partial charge in [0, 0.05) is 11.4 Å². The number of aryl methyl sites for hydroxylation is 1. The van der Waals surface area contributed by atoms with E-state index in [4.69, 9.17) is 16.3 Å². The highest BCUT2D eigenvalue weighted by molar-refractivity contribution is 6.30. The molecule has 1 atom stereocenters. The summed E-state index contributed by atoms with van der Waals surface area (Å²) < 4.78 is 7.68. The first kappa shape index (κ1) is 15.8. The zero-order chi connectivity index (χ0) is 16.2. The minimum atomic E-state index is -0.617. The van der Waals surface area contributed by atoms with Crippen molar-refractivity contribution in [1.29, 1.82) is 0 Å². The molecule has 0 amide bonds. The SMILES string of the molecule is CCc1nc2ccccc2n1C[C@@H](O)COc1ccc(Cl)cc1. The highest BCUT2D eigenvalue weighted by atomic mass is 35.5. The van der Waals surface area contributed by atoms with E-state index in [0.29, 0.717) is 17.3 Å². The van der Waals surface area contributed by atoms with Gasteiger partial charge in [0.2, 0.25) is 0 Å². The van der Waals surface area contributed by atoms with E-state index in [1.54, 1.807) is 24.3 Å². The van der Waals surface area contributed by atoms with E-state index < -0.39 is 6.10 Å². The first-order valence-electron chi connectivity index (χ1n) is 7.68. The molecule has 0 saturated carbocycles. The number of imidazole rings is 1. The molecule has 1 heterocycles. The molecule has 0 saturated heterocycles. The normalized spacial score (nSPS) is 12.5. The Kier molecular flexibility index (Phi) is 4.84. The van der Waals surface area contributed by atoms with E-state index in [9.17, 15) is 5.11 Å². The largest absolute Gasteiger partial charge is 0.491 e. The van der Waals surface area contributed by atoms with Gasteiger partial charge in [0.1, 0.15) is 24.3 Å². The van der Waals surface area contributed by atoms with Crippen LogP contribution in [0.15, 0.2) is 48.5 Å². The van der Waals surface area contributed by atoms with Crippen molar-refractivity contribution in [3.63, 3.8) is 0 Å². The average molecular weight is 331 g/mol. The fraction of sp³-hybridized carbons (Fsp3) is 0.278. The van der Waals surface area contributed by atoms with Gasteiger partial charge in [-0.2, -0.15) is 0 Å². The maximum Gasteiger partial charge on any atom is 0.119 e. The predicted octanol–water partition coefficient (Wildman–Crippen LogP) is 3.69. The number of fused-ring (bicyclic) bond motifs is 1. The van der Waals surface area contributed by atoms with Gasteiger partial charge in [-0.05, 0) is 36.4 Å². The van der Waals surface area contributed by atoms with Gasteiger partial charge < -0.3 is 14.4 Å². The lowest BCUT2D eigenvalue weighted by Gasteiger charge is -2.15. The lowest BCUT2D eigenvalue weighted by molar-refractivity contribution is 0.0927. The summed E-state index contributed by atoms with van der Waals surface area (Å²) in [4.78, 5) is 4.61. The van der Waals surface area contributed by atoms with Crippen LogP contribution in [-0.2, 0) is 13.0 Å². The van der Waals surface area contributed by atoms with Gasteiger partial charge in [-0.3, -0.25) is 0 Å². The number of benzene rings is 2. The van der Waals surface area contributed by atoms with Crippen molar-refractivity contribution in [2.45, 2.75) is 26.0 Å². The summed E-state index contributed by atoms with van der Waals surface area (Å²) in [6.45, 7) is 2.74. The van der Waals surface area contributed by atoms with Crippen molar-refractivity contribution in [3.05, 3.63) is 59.4 Å². The molecule has 0 fully saturated rings. The maximum absolute atomic E-state index is 10.3. The molecule has 0 spiro atoms. The molecule has 0 aliphatic carbocycles. The van der Waals surface area contributed by atoms with Gasteiger partial charge in [-0.1, -0.05) is 30.7 Å². The van der Waals surface area contributed by atoms with Crippen molar-refractivity contribution >= 4 is 22.6 Å². The molecule has 1 aromatic heterocycles. The molecular weight excluding hydrogens is 312 g/mol. The minimum Gasteiger partial charge on any atom is -0.491 e. The van der Waals surface area contributed by atoms with E-state index in [0.717, 1.165) is 23.3 Å². The summed E-state index contributed by atoms with van der Waals surface area (Å²) in [5.74, 6) is 1.66. The zero-order valence-corrected chi connectivity index (χ0v) is 13.7. The zero-order valence-electron chi connectivity index (χ0n) is 12.9. The number of aliphatic hydroxyl groups is 1. The lowest BCUT2D eigenvalue weighted by Crippen LogP contribution is -2.24. The van der Waals surface area contributed by atoms with E-state index in [1.807, 2.05) is 24.3 Å². The Morgan fingerprint density at radius 3 is 2.65 bits per heavy atom. The van der Waals surface area contributed by atoms with Gasteiger partial charge >= 0.3 is 0 Å². The Hall–Kier alpha value is -2.04. The van der Waals surface area contributed by atoms with Gasteiger partial charge in [0.05, 0.1) is 17.6 Å². The molecule has 3 rings (SSSR count). The van der Waals surface area contributed by atoms with Crippen LogP contribution in [0.2, 0.25) is 5.02 Å². The molecule has 0 unspecified atom stereocenters. The Morgan fingerprint density at radius 2 is 1.91 bits per heavy atom. The number of para-hydroxylation sites is 2. The summed E-state index contributed by atoms with van der Waals surface area (Å²) in [6.07, 6.45) is 0.202. The van der Waals surface area contributed by atoms with E-state index in [1.165, 1.54) is 0 Å². The fourth-order valence-electron chi connectivity index (χ4n) is 2.59. The summed E-state index contributed by atoms with van der Waals surface area (Å²) in [6, 6.07) is 15.1. The van der Waals surface area contributed by atoms with Crippen LogP contribution in [0.25, 0.3) is 11.0 Å². The number of hydrogen-bond acceptors (Lipinski definition) is 3. The van der Waals surface area contributed by atoms with Gasteiger partial charge in [0.15, 0.2) is 0 Å². The maximum atomic E-state index is 10.3. The second-order valence-electron chi connectivity index (χ2n) is 5.40. The second-order valence-corrected chi connectivity index (χ2v) is 5.84. The van der Waals surface area contributed by atoms with Crippen molar-refractivity contribution in [2.75, 3.05) is 6.61 Å². The summed E-state index contributed by atoms with van der Waals surface area (Å²) in [5.41, 5.74) is 1.99. The third-order valence-electron chi connectivity index (χ3n) is 3.70. The molecular formula is C18H19ClN2O2. The van der Waals surface area contributed by atoms with Crippen LogP contribution >= 0.6 is 11.6 Å². The first-order chi connectivity index (χ1) is 11.2. The second kappa shape index (κ2) is 7.02. The highest BCUT2D eigenvalue weighted by Gasteiger charge is 2.13. The van der Waals surface area contributed by atoms with Crippen LogP contribution in [-0.4, -0.2) is 27.4 Å². The number of nitrogens with zero attached hydrogens (tertiary/aromatic N) is 2. The van der Waals surface area contributed by atoms with Crippen LogP contribution in [0.5, 0.6) is 5.75 Å². The molecule has 4 nitrogen and oxygen atoms in total. The van der Waals surface area contributed by atoms with Gasteiger partial charge in [-0.25, -0.2) is 4.98 Å². The molecule has 3 aromatic rings. The summed E-state index contributed by atoms with van der Waals surface area (Å²) >= 11 is 5.84. The highest BCUT2D eigenvalue weighted by Crippen LogP contribution is 2.18. The Labute approximate surface area is 140 Å². The smallest absolute Gasteiger partial charge is 0.119 e. The number of aliphatic hydroxyl groups excluding tert-OH is 1. The van der Waals surface area contributed by atoms with E-state index in [2.05, 4.69) is 16.5 Å². The van der Waals surface area contributed by atoms with Gasteiger partial charge in [0.25, 0.3) is 0 Å². The van der Waals surface area contributed by atoms with Crippen molar-refractivity contribution in [3.8, 4) is 5.75 Å². The van der Waals surface area contributed by atoms with Crippen molar-refractivity contribution < 1.29 is 9.84 Å². The Morgan fingerprint density at radius 1 is 1.17 bits per heavy atom. The number of aromatic nitrogens is 2. The molecule has 0 aliphatic rings. The van der Waals surface area contributed by atoms with Crippen LogP contribution in [0.1, 0.15) is 12.7 Å². The predicted molar refractivity (Wildman–Crippen MR) is 92.1 cm³/mol. The van der Waals surface area contributed by atoms with Gasteiger partial charge in [-0.15, -0.1) is 0 Å². The number of halogens is 1. The van der Waals surface area contributed by atoms with E-state index >= 15 is 0 Å². The van der Waals surface area contributed by atoms with Crippen molar-refractivity contribution in [2.24, 2.45) is 0 Å². The van der Waals surface area contributed by atoms with Crippen molar-refractivity contribution in [1.82, 2.24) is 9.55 Å². The molecule has 0 bridgehead atoms.